The summed E-state index contributed by atoms with van der Waals surface area (Å²) in [5.41, 5.74) is 0. The zero-order valence-corrected chi connectivity index (χ0v) is 35.1. The number of aliphatic hydroxyl groups excluding tert-OH is 2. The standard InChI is InChI=1S/C43H79O10P/c1-3-5-7-9-11-13-15-16-17-18-19-20-21-22-23-24-25-27-29-31-33-35-43(47)53-41(39-52-54(48,49)51-37-40(45)36-44)38-50-42(46)34-32-30-28-26-14-12-10-8-6-4-2/h8,10,15-16,18-19,40-41,44-45H,3-7,9,11-14,17,20-39H2,1-2H3,(H,48,49)/b10-8-,16-15-,19-18-. The second-order valence-electron chi connectivity index (χ2n) is 14.4. The average Bonchev–Trinajstić information content (AvgIpc) is 3.16. The van der Waals surface area contributed by atoms with Crippen LogP contribution in [0.1, 0.15) is 187 Å². The van der Waals surface area contributed by atoms with Crippen LogP contribution in [0.5, 0.6) is 0 Å². The lowest BCUT2D eigenvalue weighted by molar-refractivity contribution is -0.161. The highest BCUT2D eigenvalue weighted by Gasteiger charge is 2.27. The molecule has 0 rings (SSSR count). The summed E-state index contributed by atoms with van der Waals surface area (Å²) >= 11 is 0. The van der Waals surface area contributed by atoms with E-state index < -0.39 is 51.8 Å². The summed E-state index contributed by atoms with van der Waals surface area (Å²) in [6, 6.07) is 0. The van der Waals surface area contributed by atoms with Gasteiger partial charge in [-0.2, -0.15) is 0 Å². The molecule has 0 radical (unpaired) electrons. The topological polar surface area (TPSA) is 149 Å². The van der Waals surface area contributed by atoms with Gasteiger partial charge in [0.25, 0.3) is 0 Å². The third-order valence-electron chi connectivity index (χ3n) is 9.00. The highest BCUT2D eigenvalue weighted by atomic mass is 31.2. The lowest BCUT2D eigenvalue weighted by Gasteiger charge is -2.20. The van der Waals surface area contributed by atoms with Gasteiger partial charge in [0.05, 0.1) is 19.8 Å². The average molecular weight is 787 g/mol. The van der Waals surface area contributed by atoms with Crippen LogP contribution < -0.4 is 0 Å². The molecule has 0 aliphatic heterocycles. The van der Waals surface area contributed by atoms with Crippen LogP contribution in [-0.2, 0) is 32.7 Å². The van der Waals surface area contributed by atoms with Crippen molar-refractivity contribution in [1.29, 1.82) is 0 Å². The fourth-order valence-electron chi connectivity index (χ4n) is 5.67. The molecule has 0 aromatic heterocycles. The molecule has 3 N–H and O–H groups in total. The molecule has 0 fully saturated rings. The second-order valence-corrected chi connectivity index (χ2v) is 15.8. The maximum atomic E-state index is 12.6. The van der Waals surface area contributed by atoms with Crippen LogP contribution >= 0.6 is 7.82 Å². The summed E-state index contributed by atoms with van der Waals surface area (Å²) in [5, 5.41) is 18.3. The van der Waals surface area contributed by atoms with Crippen molar-refractivity contribution >= 4 is 19.8 Å². The number of aliphatic hydroxyl groups is 2. The largest absolute Gasteiger partial charge is 0.472 e. The minimum Gasteiger partial charge on any atom is -0.462 e. The van der Waals surface area contributed by atoms with E-state index in [9.17, 15) is 24.2 Å². The van der Waals surface area contributed by atoms with Gasteiger partial charge in [-0.15, -0.1) is 0 Å². The van der Waals surface area contributed by atoms with Gasteiger partial charge >= 0.3 is 19.8 Å². The zero-order valence-electron chi connectivity index (χ0n) is 34.2. The molecule has 0 aliphatic rings. The van der Waals surface area contributed by atoms with Gasteiger partial charge in [0.15, 0.2) is 6.10 Å². The first-order valence-electron chi connectivity index (χ1n) is 21.4. The molecule has 0 aliphatic carbocycles. The lowest BCUT2D eigenvalue weighted by atomic mass is 10.1. The first-order valence-corrected chi connectivity index (χ1v) is 22.9. The molecule has 3 atom stereocenters. The van der Waals surface area contributed by atoms with E-state index in [-0.39, 0.29) is 19.4 Å². The van der Waals surface area contributed by atoms with E-state index in [2.05, 4.69) is 54.8 Å². The number of phosphoric ester groups is 1. The van der Waals surface area contributed by atoms with Crippen molar-refractivity contribution in [3.8, 4) is 0 Å². The van der Waals surface area contributed by atoms with Crippen LogP contribution in [0.4, 0.5) is 0 Å². The Morgan fingerprint density at radius 2 is 1.00 bits per heavy atom. The number of esters is 2. The Morgan fingerprint density at radius 1 is 0.556 bits per heavy atom. The van der Waals surface area contributed by atoms with E-state index in [4.69, 9.17) is 19.1 Å². The third kappa shape index (κ3) is 38.5. The Labute approximate surface area is 329 Å². The van der Waals surface area contributed by atoms with Gasteiger partial charge in [0, 0.05) is 12.8 Å². The third-order valence-corrected chi connectivity index (χ3v) is 9.95. The van der Waals surface area contributed by atoms with E-state index in [1.807, 2.05) is 0 Å². The second kappa shape index (κ2) is 39.4. The van der Waals surface area contributed by atoms with Gasteiger partial charge in [-0.3, -0.25) is 18.6 Å². The monoisotopic (exact) mass is 787 g/mol. The molecule has 0 aromatic rings. The number of hydrogen-bond donors (Lipinski definition) is 3. The first-order chi connectivity index (χ1) is 26.2. The molecule has 0 saturated carbocycles. The lowest BCUT2D eigenvalue weighted by Crippen LogP contribution is -2.29. The molecule has 10 nitrogen and oxygen atoms in total. The Balaban J connectivity index is 4.23. The van der Waals surface area contributed by atoms with E-state index in [1.165, 1.54) is 70.6 Å². The van der Waals surface area contributed by atoms with Crippen LogP contribution in [-0.4, -0.2) is 65.7 Å². The molecule has 0 amide bonds. The summed E-state index contributed by atoms with van der Waals surface area (Å²) in [4.78, 5) is 34.9. The predicted octanol–water partition coefficient (Wildman–Crippen LogP) is 11.2. The molecule has 11 heteroatoms. The molecule has 0 aromatic carbocycles. The number of hydrogen-bond acceptors (Lipinski definition) is 9. The minimum atomic E-state index is -4.62. The van der Waals surface area contributed by atoms with Crippen LogP contribution in [0.3, 0.4) is 0 Å². The predicted molar refractivity (Wildman–Crippen MR) is 219 cm³/mol. The number of rotatable bonds is 40. The van der Waals surface area contributed by atoms with Gasteiger partial charge in [-0.1, -0.05) is 147 Å². The molecule has 0 saturated heterocycles. The summed E-state index contributed by atoms with van der Waals surface area (Å²) in [6.45, 7) is 2.29. The molecule has 0 bridgehead atoms. The highest BCUT2D eigenvalue weighted by Crippen LogP contribution is 2.43. The highest BCUT2D eigenvalue weighted by molar-refractivity contribution is 7.47. The normalized spacial score (nSPS) is 14.2. The Hall–Kier alpha value is -1.81. The number of carbonyl (C=O) groups excluding carboxylic acids is 2. The molecular weight excluding hydrogens is 707 g/mol. The van der Waals surface area contributed by atoms with Crippen LogP contribution in [0.2, 0.25) is 0 Å². The minimum absolute atomic E-state index is 0.178. The molecule has 316 valence electrons. The SMILES string of the molecule is CCC/C=C\CCCCCCCC(=O)OCC(COP(=O)(O)OCC(O)CO)OC(=O)CCCCCCCCCCC/C=C\C/C=C\CCCCCCC. The Bertz CT molecular complexity index is 999. The Kier molecular flexibility index (Phi) is 38.1. The summed E-state index contributed by atoms with van der Waals surface area (Å²) in [6.07, 6.45) is 39.8. The van der Waals surface area contributed by atoms with Crippen molar-refractivity contribution in [2.45, 2.75) is 199 Å². The van der Waals surface area contributed by atoms with Gasteiger partial charge in [0.2, 0.25) is 0 Å². The van der Waals surface area contributed by atoms with Gasteiger partial charge in [-0.25, -0.2) is 4.57 Å². The van der Waals surface area contributed by atoms with Crippen LogP contribution in [0.15, 0.2) is 36.5 Å². The zero-order chi connectivity index (χ0) is 39.8. The summed E-state index contributed by atoms with van der Waals surface area (Å²) in [7, 11) is -4.62. The molecule has 0 heterocycles. The molecule has 54 heavy (non-hydrogen) atoms. The van der Waals surface area contributed by atoms with Crippen molar-refractivity contribution in [3.05, 3.63) is 36.5 Å². The fourth-order valence-corrected chi connectivity index (χ4v) is 6.46. The number of allylic oxidation sites excluding steroid dienone is 6. The van der Waals surface area contributed by atoms with Crippen molar-refractivity contribution < 1.29 is 47.8 Å². The maximum absolute atomic E-state index is 12.6. The van der Waals surface area contributed by atoms with E-state index >= 15 is 0 Å². The molecule has 3 unspecified atom stereocenters. The van der Waals surface area contributed by atoms with Crippen molar-refractivity contribution in [1.82, 2.24) is 0 Å². The number of ether oxygens (including phenoxy) is 2. The maximum Gasteiger partial charge on any atom is 0.472 e. The van der Waals surface area contributed by atoms with E-state index in [0.29, 0.717) is 12.8 Å². The molecular formula is C43H79O10P. The van der Waals surface area contributed by atoms with Crippen LogP contribution in [0, 0.1) is 0 Å². The van der Waals surface area contributed by atoms with Gasteiger partial charge in [-0.05, 0) is 64.2 Å². The molecule has 0 spiro atoms. The first kappa shape index (κ1) is 52.2. The van der Waals surface area contributed by atoms with E-state index in [1.54, 1.807) is 0 Å². The van der Waals surface area contributed by atoms with Crippen molar-refractivity contribution in [2.24, 2.45) is 0 Å². The quantitative estimate of drug-likeness (QED) is 0.0237. The smallest absolute Gasteiger partial charge is 0.462 e. The van der Waals surface area contributed by atoms with Crippen molar-refractivity contribution in [3.63, 3.8) is 0 Å². The van der Waals surface area contributed by atoms with Gasteiger partial charge in [0.1, 0.15) is 12.7 Å². The van der Waals surface area contributed by atoms with Crippen LogP contribution in [0.25, 0.3) is 0 Å². The number of unbranched alkanes of at least 4 members (excludes halogenated alkanes) is 20. The summed E-state index contributed by atoms with van der Waals surface area (Å²) in [5.74, 6) is -0.941. The summed E-state index contributed by atoms with van der Waals surface area (Å²) < 4.78 is 32.6. The Morgan fingerprint density at radius 3 is 1.52 bits per heavy atom. The van der Waals surface area contributed by atoms with Crippen molar-refractivity contribution in [2.75, 3.05) is 26.4 Å². The van der Waals surface area contributed by atoms with Gasteiger partial charge < -0.3 is 24.6 Å². The number of phosphoric acid groups is 1. The fraction of sp³-hybridized carbons (Fsp3) is 0.814. The van der Waals surface area contributed by atoms with E-state index in [0.717, 1.165) is 77.0 Å². The number of carbonyl (C=O) groups is 2.